The number of nitrogens with zero attached hydrogens (tertiary/aromatic N) is 2. The SMILES string of the molecule is Cl.NCc1nccc(-c2ccccc2Br)n1. The Kier molecular flexibility index (Phi) is 4.86. The van der Waals surface area contributed by atoms with Gasteiger partial charge in [-0.25, -0.2) is 9.97 Å². The van der Waals surface area contributed by atoms with Crippen molar-refractivity contribution in [2.45, 2.75) is 6.54 Å². The van der Waals surface area contributed by atoms with Crippen LogP contribution in [0.4, 0.5) is 0 Å². The van der Waals surface area contributed by atoms with E-state index in [1.807, 2.05) is 30.3 Å². The fourth-order valence-corrected chi connectivity index (χ4v) is 1.80. The van der Waals surface area contributed by atoms with Crippen molar-refractivity contribution in [3.8, 4) is 11.3 Å². The van der Waals surface area contributed by atoms with Crippen LogP contribution in [0.25, 0.3) is 11.3 Å². The average Bonchev–Trinajstić information content (AvgIpc) is 2.30. The molecule has 0 saturated heterocycles. The van der Waals surface area contributed by atoms with E-state index in [1.165, 1.54) is 0 Å². The van der Waals surface area contributed by atoms with E-state index in [9.17, 15) is 0 Å². The minimum atomic E-state index is 0. The molecule has 0 aliphatic heterocycles. The lowest BCUT2D eigenvalue weighted by molar-refractivity contribution is 0.912. The second-order valence-corrected chi connectivity index (χ2v) is 3.90. The molecule has 0 atom stereocenters. The van der Waals surface area contributed by atoms with E-state index in [1.54, 1.807) is 6.20 Å². The van der Waals surface area contributed by atoms with Gasteiger partial charge in [-0.1, -0.05) is 34.1 Å². The molecule has 0 spiro atoms. The monoisotopic (exact) mass is 299 g/mol. The highest BCUT2D eigenvalue weighted by Crippen LogP contribution is 2.25. The Morgan fingerprint density at radius 1 is 1.19 bits per heavy atom. The first-order valence-corrected chi connectivity index (χ1v) is 5.37. The zero-order valence-corrected chi connectivity index (χ0v) is 10.8. The summed E-state index contributed by atoms with van der Waals surface area (Å²) < 4.78 is 1.02. The predicted molar refractivity (Wildman–Crippen MR) is 70.3 cm³/mol. The summed E-state index contributed by atoms with van der Waals surface area (Å²) in [5.74, 6) is 0.656. The number of nitrogens with two attached hydrogens (primary N) is 1. The highest BCUT2D eigenvalue weighted by atomic mass is 79.9. The smallest absolute Gasteiger partial charge is 0.142 e. The predicted octanol–water partition coefficient (Wildman–Crippen LogP) is 2.79. The van der Waals surface area contributed by atoms with E-state index in [-0.39, 0.29) is 12.4 Å². The maximum Gasteiger partial charge on any atom is 0.142 e. The molecule has 0 saturated carbocycles. The summed E-state index contributed by atoms with van der Waals surface area (Å²) in [6.07, 6.45) is 1.73. The van der Waals surface area contributed by atoms with Gasteiger partial charge >= 0.3 is 0 Å². The van der Waals surface area contributed by atoms with Crippen LogP contribution in [0, 0.1) is 0 Å². The summed E-state index contributed by atoms with van der Waals surface area (Å²) in [7, 11) is 0. The molecule has 1 heterocycles. The molecule has 0 amide bonds. The van der Waals surface area contributed by atoms with Crippen LogP contribution in [-0.4, -0.2) is 9.97 Å². The second kappa shape index (κ2) is 5.94. The van der Waals surface area contributed by atoms with Crippen LogP contribution in [0.3, 0.4) is 0 Å². The van der Waals surface area contributed by atoms with E-state index in [4.69, 9.17) is 5.73 Å². The maximum absolute atomic E-state index is 5.50. The lowest BCUT2D eigenvalue weighted by Gasteiger charge is -2.04. The van der Waals surface area contributed by atoms with E-state index >= 15 is 0 Å². The molecule has 0 fully saturated rings. The number of hydrogen-bond donors (Lipinski definition) is 1. The molecule has 0 aliphatic carbocycles. The number of benzene rings is 1. The fourth-order valence-electron chi connectivity index (χ4n) is 1.32. The molecular formula is C11H11BrClN3. The highest BCUT2D eigenvalue weighted by Gasteiger charge is 2.04. The van der Waals surface area contributed by atoms with Crippen molar-refractivity contribution < 1.29 is 0 Å². The zero-order valence-electron chi connectivity index (χ0n) is 8.43. The molecule has 2 N–H and O–H groups in total. The number of aromatic nitrogens is 2. The molecular weight excluding hydrogens is 289 g/mol. The summed E-state index contributed by atoms with van der Waals surface area (Å²) in [6.45, 7) is 0.359. The summed E-state index contributed by atoms with van der Waals surface area (Å²) in [4.78, 5) is 8.42. The number of rotatable bonds is 2. The topological polar surface area (TPSA) is 51.8 Å². The molecule has 0 unspecified atom stereocenters. The summed E-state index contributed by atoms with van der Waals surface area (Å²) in [6, 6.07) is 9.81. The third-order valence-electron chi connectivity index (χ3n) is 2.04. The van der Waals surface area contributed by atoms with Crippen molar-refractivity contribution in [1.29, 1.82) is 0 Å². The first-order chi connectivity index (χ1) is 7.31. The van der Waals surface area contributed by atoms with Crippen molar-refractivity contribution in [3.05, 3.63) is 46.8 Å². The van der Waals surface area contributed by atoms with Crippen LogP contribution in [0.1, 0.15) is 5.82 Å². The van der Waals surface area contributed by atoms with Gasteiger partial charge in [0.2, 0.25) is 0 Å². The van der Waals surface area contributed by atoms with Crippen molar-refractivity contribution in [2.24, 2.45) is 5.73 Å². The summed E-state index contributed by atoms with van der Waals surface area (Å²) in [5.41, 5.74) is 7.44. The standard InChI is InChI=1S/C11H10BrN3.ClH/c12-9-4-2-1-3-8(9)10-5-6-14-11(7-13)15-10;/h1-6H,7,13H2;1H. The minimum Gasteiger partial charge on any atom is -0.324 e. The van der Waals surface area contributed by atoms with Gasteiger partial charge < -0.3 is 5.73 Å². The first-order valence-electron chi connectivity index (χ1n) is 4.58. The van der Waals surface area contributed by atoms with Gasteiger partial charge in [-0.2, -0.15) is 0 Å². The molecule has 1 aromatic heterocycles. The Balaban J connectivity index is 0.00000128. The average molecular weight is 301 g/mol. The lowest BCUT2D eigenvalue weighted by Crippen LogP contribution is -2.03. The van der Waals surface area contributed by atoms with Gasteiger partial charge in [0.1, 0.15) is 5.82 Å². The third-order valence-corrected chi connectivity index (χ3v) is 2.73. The van der Waals surface area contributed by atoms with E-state index in [2.05, 4.69) is 25.9 Å². The van der Waals surface area contributed by atoms with Crippen molar-refractivity contribution in [2.75, 3.05) is 0 Å². The molecule has 2 aromatic rings. The van der Waals surface area contributed by atoms with Crippen LogP contribution in [-0.2, 0) is 6.54 Å². The Morgan fingerprint density at radius 2 is 1.94 bits per heavy atom. The molecule has 0 aliphatic rings. The van der Waals surface area contributed by atoms with Gasteiger partial charge in [0, 0.05) is 16.2 Å². The summed E-state index contributed by atoms with van der Waals surface area (Å²) in [5, 5.41) is 0. The van der Waals surface area contributed by atoms with Crippen LogP contribution in [0.15, 0.2) is 41.0 Å². The van der Waals surface area contributed by atoms with Gasteiger partial charge in [-0.15, -0.1) is 12.4 Å². The molecule has 16 heavy (non-hydrogen) atoms. The summed E-state index contributed by atoms with van der Waals surface area (Å²) >= 11 is 3.49. The molecule has 1 aromatic carbocycles. The largest absolute Gasteiger partial charge is 0.324 e. The molecule has 84 valence electrons. The molecule has 5 heteroatoms. The van der Waals surface area contributed by atoms with Gasteiger partial charge in [0.05, 0.1) is 12.2 Å². The van der Waals surface area contributed by atoms with Crippen LogP contribution < -0.4 is 5.73 Å². The van der Waals surface area contributed by atoms with Crippen molar-refractivity contribution in [1.82, 2.24) is 9.97 Å². The van der Waals surface area contributed by atoms with E-state index in [0.29, 0.717) is 12.4 Å². The quantitative estimate of drug-likeness (QED) is 0.928. The Morgan fingerprint density at radius 3 is 2.62 bits per heavy atom. The first kappa shape index (κ1) is 13.1. The Labute approximate surface area is 109 Å². The second-order valence-electron chi connectivity index (χ2n) is 3.04. The zero-order chi connectivity index (χ0) is 10.7. The lowest BCUT2D eigenvalue weighted by atomic mass is 10.1. The normalized spacial score (nSPS) is 9.62. The van der Waals surface area contributed by atoms with Crippen LogP contribution >= 0.6 is 28.3 Å². The van der Waals surface area contributed by atoms with Gasteiger partial charge in [-0.3, -0.25) is 0 Å². The van der Waals surface area contributed by atoms with E-state index in [0.717, 1.165) is 15.7 Å². The van der Waals surface area contributed by atoms with Gasteiger partial charge in [0.25, 0.3) is 0 Å². The van der Waals surface area contributed by atoms with Crippen LogP contribution in [0.2, 0.25) is 0 Å². The van der Waals surface area contributed by atoms with Gasteiger partial charge in [0.15, 0.2) is 0 Å². The number of halogens is 2. The van der Waals surface area contributed by atoms with Crippen LogP contribution in [0.5, 0.6) is 0 Å². The number of hydrogen-bond acceptors (Lipinski definition) is 3. The Bertz CT molecular complexity index is 476. The molecule has 0 radical (unpaired) electrons. The van der Waals surface area contributed by atoms with Crippen molar-refractivity contribution in [3.63, 3.8) is 0 Å². The third kappa shape index (κ3) is 2.78. The maximum atomic E-state index is 5.50. The van der Waals surface area contributed by atoms with E-state index < -0.39 is 0 Å². The molecule has 2 rings (SSSR count). The minimum absolute atomic E-state index is 0. The highest BCUT2D eigenvalue weighted by molar-refractivity contribution is 9.10. The van der Waals surface area contributed by atoms with Crippen molar-refractivity contribution >= 4 is 28.3 Å². The van der Waals surface area contributed by atoms with Gasteiger partial charge in [-0.05, 0) is 12.1 Å². The fraction of sp³-hybridized carbons (Fsp3) is 0.0909. The molecule has 3 nitrogen and oxygen atoms in total. The molecule has 0 bridgehead atoms. The Hall–Kier alpha value is -0.970.